The van der Waals surface area contributed by atoms with Crippen LogP contribution in [0.5, 0.6) is 0 Å². The molecule has 1 fully saturated rings. The van der Waals surface area contributed by atoms with E-state index in [0.29, 0.717) is 24.7 Å². The van der Waals surface area contributed by atoms with Gasteiger partial charge in [-0.1, -0.05) is 0 Å². The van der Waals surface area contributed by atoms with Crippen molar-refractivity contribution in [3.63, 3.8) is 0 Å². The number of hydrogen-bond donors (Lipinski definition) is 3. The number of carbonyl (C=O) groups excluding carboxylic acids is 1. The molecule has 0 aliphatic heterocycles. The highest BCUT2D eigenvalue weighted by Crippen LogP contribution is 2.36. The topological polar surface area (TPSA) is 105 Å². The molecule has 0 spiro atoms. The minimum Gasteiger partial charge on any atom is -0.388 e. The molecular formula is C15H21N5O3. The highest BCUT2D eigenvalue weighted by atomic mass is 16.5. The molecule has 1 saturated carbocycles. The second-order valence-electron chi connectivity index (χ2n) is 5.70. The molecule has 1 aliphatic rings. The smallest absolute Gasteiger partial charge is 0.267 e. The van der Waals surface area contributed by atoms with Crippen LogP contribution in [0.4, 0.5) is 0 Å². The maximum atomic E-state index is 12.0. The number of hydrogen-bond acceptors (Lipinski definition) is 5. The number of methoxy groups -OCH3 is 1. The van der Waals surface area contributed by atoms with Gasteiger partial charge in [0.15, 0.2) is 5.82 Å². The summed E-state index contributed by atoms with van der Waals surface area (Å²) in [6, 6.07) is 3.69. The van der Waals surface area contributed by atoms with Gasteiger partial charge in [0.25, 0.3) is 5.91 Å². The van der Waals surface area contributed by atoms with E-state index < -0.39 is 0 Å². The van der Waals surface area contributed by atoms with Gasteiger partial charge in [-0.05, 0) is 25.0 Å². The number of carbonyl (C=O) groups is 1. The number of ether oxygens (including phenoxy) is 1. The Morgan fingerprint density at radius 1 is 1.52 bits per heavy atom. The van der Waals surface area contributed by atoms with E-state index in [1.165, 1.54) is 0 Å². The maximum absolute atomic E-state index is 12.0. The quantitative estimate of drug-likeness (QED) is 0.686. The van der Waals surface area contributed by atoms with Crippen molar-refractivity contribution in [2.75, 3.05) is 13.7 Å². The van der Waals surface area contributed by atoms with E-state index in [4.69, 9.17) is 4.74 Å². The summed E-state index contributed by atoms with van der Waals surface area (Å²) in [6.07, 6.45) is 3.37. The molecular weight excluding hydrogens is 298 g/mol. The molecule has 0 radical (unpaired) electrons. The fourth-order valence-corrected chi connectivity index (χ4v) is 2.88. The van der Waals surface area contributed by atoms with Crippen molar-refractivity contribution in [3.8, 4) is 0 Å². The van der Waals surface area contributed by atoms with Crippen LogP contribution in [0, 0.1) is 0 Å². The van der Waals surface area contributed by atoms with Crippen LogP contribution in [0.3, 0.4) is 0 Å². The van der Waals surface area contributed by atoms with E-state index in [2.05, 4.69) is 20.5 Å². The number of aromatic nitrogens is 4. The zero-order valence-corrected chi connectivity index (χ0v) is 13.0. The third-order valence-corrected chi connectivity index (χ3v) is 4.20. The van der Waals surface area contributed by atoms with Gasteiger partial charge in [-0.15, -0.1) is 10.2 Å². The fourth-order valence-electron chi connectivity index (χ4n) is 2.88. The summed E-state index contributed by atoms with van der Waals surface area (Å²) in [5, 5.41) is 20.6. The highest BCUT2D eigenvalue weighted by molar-refractivity contribution is 5.92. The van der Waals surface area contributed by atoms with Crippen molar-refractivity contribution in [1.29, 1.82) is 0 Å². The first kappa shape index (κ1) is 15.7. The first-order valence-electron chi connectivity index (χ1n) is 7.69. The van der Waals surface area contributed by atoms with Gasteiger partial charge in [-0.3, -0.25) is 4.79 Å². The van der Waals surface area contributed by atoms with Crippen molar-refractivity contribution in [3.05, 3.63) is 35.7 Å². The van der Waals surface area contributed by atoms with Gasteiger partial charge < -0.3 is 24.7 Å². The average Bonchev–Trinajstić information content (AvgIpc) is 3.17. The maximum Gasteiger partial charge on any atom is 0.267 e. The molecule has 1 amide bonds. The van der Waals surface area contributed by atoms with E-state index in [9.17, 15) is 9.90 Å². The molecule has 124 valence electrons. The lowest BCUT2D eigenvalue weighted by Gasteiger charge is -2.35. The molecule has 0 bridgehead atoms. The third kappa shape index (κ3) is 3.27. The van der Waals surface area contributed by atoms with Crippen molar-refractivity contribution >= 4 is 5.91 Å². The highest BCUT2D eigenvalue weighted by Gasteiger charge is 2.35. The molecule has 8 heteroatoms. The van der Waals surface area contributed by atoms with Crippen molar-refractivity contribution in [2.45, 2.75) is 38.0 Å². The molecule has 3 N–H and O–H groups in total. The van der Waals surface area contributed by atoms with Crippen LogP contribution < -0.4 is 5.32 Å². The van der Waals surface area contributed by atoms with Crippen LogP contribution in [0.15, 0.2) is 18.3 Å². The van der Waals surface area contributed by atoms with Gasteiger partial charge >= 0.3 is 0 Å². The van der Waals surface area contributed by atoms with Gasteiger partial charge in [-0.2, -0.15) is 0 Å². The summed E-state index contributed by atoms with van der Waals surface area (Å²) in [7, 11) is 1.64. The molecule has 0 saturated heterocycles. The number of nitrogens with zero attached hydrogens (tertiary/aromatic N) is 3. The van der Waals surface area contributed by atoms with Crippen molar-refractivity contribution in [2.24, 2.45) is 0 Å². The Bertz CT molecular complexity index is 646. The second kappa shape index (κ2) is 6.93. The Morgan fingerprint density at radius 2 is 2.35 bits per heavy atom. The molecule has 23 heavy (non-hydrogen) atoms. The summed E-state index contributed by atoms with van der Waals surface area (Å²) in [4.78, 5) is 14.9. The van der Waals surface area contributed by atoms with Gasteiger partial charge in [0, 0.05) is 31.8 Å². The van der Waals surface area contributed by atoms with E-state index in [-0.39, 0.29) is 24.5 Å². The van der Waals surface area contributed by atoms with Gasteiger partial charge in [0.2, 0.25) is 0 Å². The minimum atomic E-state index is -0.142. The first-order valence-corrected chi connectivity index (χ1v) is 7.69. The Hall–Kier alpha value is -2.19. The van der Waals surface area contributed by atoms with Crippen LogP contribution >= 0.6 is 0 Å². The zero-order chi connectivity index (χ0) is 16.2. The van der Waals surface area contributed by atoms with E-state index in [1.54, 1.807) is 25.4 Å². The normalized spacial score (nSPS) is 20.3. The molecule has 2 heterocycles. The number of aliphatic hydroxyl groups excluding tert-OH is 1. The number of nitrogens with one attached hydrogen (secondary N) is 2. The van der Waals surface area contributed by atoms with Crippen LogP contribution in [-0.4, -0.2) is 50.5 Å². The summed E-state index contributed by atoms with van der Waals surface area (Å²) in [5.41, 5.74) is 0.569. The Kier molecular flexibility index (Phi) is 4.73. The molecule has 2 aromatic rings. The molecule has 1 aliphatic carbocycles. The molecule has 2 aromatic heterocycles. The number of aliphatic hydroxyl groups is 1. The number of rotatable bonds is 7. The van der Waals surface area contributed by atoms with Crippen LogP contribution in [0.25, 0.3) is 0 Å². The van der Waals surface area contributed by atoms with Crippen molar-refractivity contribution in [1.82, 2.24) is 25.1 Å². The first-order chi connectivity index (χ1) is 11.2. The number of aromatic amines is 1. The van der Waals surface area contributed by atoms with Crippen LogP contribution in [0.2, 0.25) is 0 Å². The Morgan fingerprint density at radius 3 is 3.00 bits per heavy atom. The average molecular weight is 319 g/mol. The predicted octanol–water partition coefficient (Wildman–Crippen LogP) is 0.421. The second-order valence-corrected chi connectivity index (χ2v) is 5.70. The molecule has 0 atom stereocenters. The molecule has 3 rings (SSSR count). The number of H-pyrrole nitrogens is 1. The SMILES string of the molecule is COCCn1c(CO)nnc1C1CC(NC(=O)c2ccc[nH]2)C1. The van der Waals surface area contributed by atoms with Crippen LogP contribution in [0.1, 0.15) is 40.9 Å². The fraction of sp³-hybridized carbons (Fsp3) is 0.533. The summed E-state index contributed by atoms with van der Waals surface area (Å²) < 4.78 is 7.01. The Balaban J connectivity index is 1.58. The molecule has 0 aromatic carbocycles. The predicted molar refractivity (Wildman–Crippen MR) is 81.8 cm³/mol. The van der Waals surface area contributed by atoms with Gasteiger partial charge in [0.1, 0.15) is 18.1 Å². The van der Waals surface area contributed by atoms with Crippen molar-refractivity contribution < 1.29 is 14.6 Å². The number of amides is 1. The molecule has 8 nitrogen and oxygen atoms in total. The van der Waals surface area contributed by atoms with E-state index in [0.717, 1.165) is 18.7 Å². The van der Waals surface area contributed by atoms with E-state index in [1.807, 2.05) is 4.57 Å². The lowest BCUT2D eigenvalue weighted by molar-refractivity contribution is 0.0901. The summed E-state index contributed by atoms with van der Waals surface area (Å²) >= 11 is 0. The van der Waals surface area contributed by atoms with Gasteiger partial charge in [0.05, 0.1) is 6.61 Å². The Labute approximate surface area is 133 Å². The van der Waals surface area contributed by atoms with Gasteiger partial charge in [-0.25, -0.2) is 0 Å². The van der Waals surface area contributed by atoms with E-state index >= 15 is 0 Å². The minimum absolute atomic E-state index is 0.0876. The lowest BCUT2D eigenvalue weighted by Crippen LogP contribution is -2.44. The summed E-state index contributed by atoms with van der Waals surface area (Å²) in [6.45, 7) is 1.01. The largest absolute Gasteiger partial charge is 0.388 e. The third-order valence-electron chi connectivity index (χ3n) is 4.20. The zero-order valence-electron chi connectivity index (χ0n) is 13.0. The molecule has 0 unspecified atom stereocenters. The lowest BCUT2D eigenvalue weighted by atomic mass is 9.79. The summed E-state index contributed by atoms with van der Waals surface area (Å²) in [5.74, 6) is 1.57. The standard InChI is InChI=1S/C15H21N5O3/c1-23-6-5-20-13(9-21)18-19-14(20)10-7-11(8-10)17-15(22)12-3-2-4-16-12/h2-4,10-11,16,21H,5-9H2,1H3,(H,17,22). The monoisotopic (exact) mass is 319 g/mol. The van der Waals surface area contributed by atoms with Crippen LogP contribution in [-0.2, 0) is 17.9 Å².